The highest BCUT2D eigenvalue weighted by atomic mass is 28.4. The Morgan fingerprint density at radius 1 is 1.11 bits per heavy atom. The molecule has 2 aliphatic rings. The Balaban J connectivity index is 1.85. The molecule has 0 spiro atoms. The highest BCUT2D eigenvalue weighted by molar-refractivity contribution is 6.74. The third-order valence-corrected chi connectivity index (χ3v) is 10.3. The van der Waals surface area contributed by atoms with Crippen LogP contribution in [0.5, 0.6) is 0 Å². The van der Waals surface area contributed by atoms with Gasteiger partial charge in [0.05, 0.1) is 6.61 Å². The summed E-state index contributed by atoms with van der Waals surface area (Å²) in [7, 11) is -0.623. The molecular weight excluding hydrogens is 364 g/mol. The molecule has 2 aliphatic heterocycles. The first-order chi connectivity index (χ1) is 12.6. The minimum absolute atomic E-state index is 0.00703. The molecule has 1 aromatic carbocycles. The molecule has 0 bridgehead atoms. The van der Waals surface area contributed by atoms with E-state index in [9.17, 15) is 5.11 Å². The summed E-state index contributed by atoms with van der Waals surface area (Å²) in [6, 6.07) is 9.78. The first-order valence-corrected chi connectivity index (χ1v) is 12.4. The number of methoxy groups -OCH3 is 1. The summed E-state index contributed by atoms with van der Waals surface area (Å²) < 4.78 is 29.9. The second-order valence-electron chi connectivity index (χ2n) is 8.79. The van der Waals surface area contributed by atoms with Gasteiger partial charge in [-0.05, 0) is 18.1 Å². The van der Waals surface area contributed by atoms with Gasteiger partial charge in [0.25, 0.3) is 0 Å². The first kappa shape index (κ1) is 20.9. The van der Waals surface area contributed by atoms with Gasteiger partial charge in [0.2, 0.25) is 0 Å². The van der Waals surface area contributed by atoms with E-state index in [1.807, 2.05) is 30.3 Å². The largest absolute Gasteiger partial charge is 0.408 e. The maximum atomic E-state index is 10.9. The van der Waals surface area contributed by atoms with E-state index in [2.05, 4.69) is 33.9 Å². The normalized spacial score (nSPS) is 34.9. The number of ether oxygens (including phenoxy) is 4. The number of rotatable bonds is 4. The van der Waals surface area contributed by atoms with Crippen molar-refractivity contribution in [2.24, 2.45) is 0 Å². The van der Waals surface area contributed by atoms with Crippen LogP contribution < -0.4 is 0 Å². The smallest absolute Gasteiger partial charge is 0.192 e. The zero-order valence-electron chi connectivity index (χ0n) is 17.0. The number of aliphatic hydroxyl groups excluding tert-OH is 1. The molecule has 0 amide bonds. The molecule has 0 unspecified atom stereocenters. The SMILES string of the molecule is CO[C@@H]1O[C@@H]2CO[C@@H](c3ccccc3)O[C@H]2[C@H](O[Si](C)(C)C(C)(C)C)[C@H]1O. The lowest BCUT2D eigenvalue weighted by molar-refractivity contribution is -0.356. The molecule has 152 valence electrons. The maximum Gasteiger partial charge on any atom is 0.192 e. The van der Waals surface area contributed by atoms with E-state index in [0.29, 0.717) is 6.61 Å². The second kappa shape index (κ2) is 7.91. The predicted octanol–water partition coefficient (Wildman–Crippen LogP) is 3.22. The lowest BCUT2D eigenvalue weighted by Gasteiger charge is -2.50. The van der Waals surface area contributed by atoms with Gasteiger partial charge in [0.1, 0.15) is 24.4 Å². The number of hydrogen-bond acceptors (Lipinski definition) is 6. The quantitative estimate of drug-likeness (QED) is 0.789. The lowest BCUT2D eigenvalue weighted by Crippen LogP contribution is -2.65. The third kappa shape index (κ3) is 4.29. The van der Waals surface area contributed by atoms with Crippen LogP contribution in [-0.4, -0.2) is 57.8 Å². The first-order valence-electron chi connectivity index (χ1n) is 9.50. The Labute approximate surface area is 162 Å². The van der Waals surface area contributed by atoms with Crippen LogP contribution in [0, 0.1) is 0 Å². The summed E-state index contributed by atoms with van der Waals surface area (Å²) in [5.41, 5.74) is 0.936. The Morgan fingerprint density at radius 3 is 2.37 bits per heavy atom. The molecule has 2 fully saturated rings. The molecule has 0 saturated carbocycles. The van der Waals surface area contributed by atoms with Crippen molar-refractivity contribution < 1.29 is 28.5 Å². The van der Waals surface area contributed by atoms with E-state index in [0.717, 1.165) is 5.56 Å². The average Bonchev–Trinajstić information content (AvgIpc) is 2.63. The van der Waals surface area contributed by atoms with E-state index < -0.39 is 39.2 Å². The fourth-order valence-electron chi connectivity index (χ4n) is 3.19. The van der Waals surface area contributed by atoms with E-state index in [1.54, 1.807) is 0 Å². The standard InChI is InChI=1S/C20H32O6Si/c1-20(2,3)27(5,6)26-17-15(21)19(22-4)24-14-12-23-18(25-16(14)17)13-10-8-7-9-11-13/h7-11,14-19,21H,12H2,1-6H3/t14-,15-,16-,17-,18-,19-/m1/s1. The molecule has 3 rings (SSSR count). The molecule has 2 saturated heterocycles. The van der Waals surface area contributed by atoms with Gasteiger partial charge in [-0.1, -0.05) is 51.1 Å². The summed E-state index contributed by atoms with van der Waals surface area (Å²) in [5.74, 6) is 0. The molecule has 6 atom stereocenters. The summed E-state index contributed by atoms with van der Waals surface area (Å²) in [5, 5.41) is 10.9. The molecule has 0 aromatic heterocycles. The van der Waals surface area contributed by atoms with Gasteiger partial charge >= 0.3 is 0 Å². The Kier molecular flexibility index (Phi) is 6.13. The van der Waals surface area contributed by atoms with Gasteiger partial charge in [-0.15, -0.1) is 0 Å². The summed E-state index contributed by atoms with van der Waals surface area (Å²) in [6.07, 6.45) is -3.52. The van der Waals surface area contributed by atoms with Crippen LogP contribution in [0.4, 0.5) is 0 Å². The van der Waals surface area contributed by atoms with Gasteiger partial charge in [-0.2, -0.15) is 0 Å². The van der Waals surface area contributed by atoms with Crippen LogP contribution in [0.2, 0.25) is 18.1 Å². The van der Waals surface area contributed by atoms with Crippen molar-refractivity contribution in [1.82, 2.24) is 0 Å². The van der Waals surface area contributed by atoms with Crippen molar-refractivity contribution in [2.75, 3.05) is 13.7 Å². The zero-order valence-corrected chi connectivity index (χ0v) is 18.0. The summed E-state index contributed by atoms with van der Waals surface area (Å²) >= 11 is 0. The van der Waals surface area contributed by atoms with Gasteiger partial charge < -0.3 is 28.5 Å². The van der Waals surface area contributed by atoms with Crippen LogP contribution >= 0.6 is 0 Å². The second-order valence-corrected chi connectivity index (χ2v) is 13.5. The van der Waals surface area contributed by atoms with Crippen LogP contribution in [0.15, 0.2) is 30.3 Å². The van der Waals surface area contributed by atoms with Crippen molar-refractivity contribution in [2.45, 2.75) is 75.9 Å². The van der Waals surface area contributed by atoms with Crippen molar-refractivity contribution >= 4 is 8.32 Å². The van der Waals surface area contributed by atoms with Crippen molar-refractivity contribution in [3.63, 3.8) is 0 Å². The summed E-state index contributed by atoms with van der Waals surface area (Å²) in [4.78, 5) is 0. The fraction of sp³-hybridized carbons (Fsp3) is 0.700. The van der Waals surface area contributed by atoms with Crippen LogP contribution in [-0.2, 0) is 23.4 Å². The number of fused-ring (bicyclic) bond motifs is 1. The molecule has 2 heterocycles. The molecule has 0 aliphatic carbocycles. The zero-order chi connectivity index (χ0) is 19.8. The molecular formula is C20H32O6Si. The van der Waals surface area contributed by atoms with E-state index >= 15 is 0 Å². The molecule has 1 N–H and O–H groups in total. The van der Waals surface area contributed by atoms with E-state index in [-0.39, 0.29) is 11.1 Å². The third-order valence-electron chi connectivity index (χ3n) is 5.85. The fourth-order valence-corrected chi connectivity index (χ4v) is 4.50. The van der Waals surface area contributed by atoms with Gasteiger partial charge in [0.15, 0.2) is 20.9 Å². The topological polar surface area (TPSA) is 66.4 Å². The van der Waals surface area contributed by atoms with Crippen molar-refractivity contribution in [3.8, 4) is 0 Å². The Morgan fingerprint density at radius 2 is 1.78 bits per heavy atom. The minimum Gasteiger partial charge on any atom is -0.408 e. The van der Waals surface area contributed by atoms with Crippen LogP contribution in [0.1, 0.15) is 32.6 Å². The molecule has 7 heteroatoms. The molecule has 27 heavy (non-hydrogen) atoms. The number of benzene rings is 1. The highest BCUT2D eigenvalue weighted by Crippen LogP contribution is 2.41. The molecule has 6 nitrogen and oxygen atoms in total. The molecule has 0 radical (unpaired) electrons. The van der Waals surface area contributed by atoms with Crippen LogP contribution in [0.25, 0.3) is 0 Å². The Bertz CT molecular complexity index is 617. The predicted molar refractivity (Wildman–Crippen MR) is 104 cm³/mol. The average molecular weight is 397 g/mol. The summed E-state index contributed by atoms with van der Waals surface area (Å²) in [6.45, 7) is 11.2. The van der Waals surface area contributed by atoms with Crippen LogP contribution in [0.3, 0.4) is 0 Å². The van der Waals surface area contributed by atoms with Crippen molar-refractivity contribution in [1.29, 1.82) is 0 Å². The molecule has 1 aromatic rings. The lowest BCUT2D eigenvalue weighted by atomic mass is 9.98. The van der Waals surface area contributed by atoms with E-state index in [4.69, 9.17) is 23.4 Å². The number of aliphatic hydroxyl groups is 1. The number of hydrogen-bond donors (Lipinski definition) is 1. The van der Waals surface area contributed by atoms with E-state index in [1.165, 1.54) is 7.11 Å². The maximum absolute atomic E-state index is 10.9. The van der Waals surface area contributed by atoms with Crippen molar-refractivity contribution in [3.05, 3.63) is 35.9 Å². The monoisotopic (exact) mass is 396 g/mol. The van der Waals surface area contributed by atoms with Gasteiger partial charge in [0, 0.05) is 12.7 Å². The minimum atomic E-state index is -2.15. The van der Waals surface area contributed by atoms with Gasteiger partial charge in [-0.25, -0.2) is 0 Å². The Hall–Kier alpha value is -0.803. The highest BCUT2D eigenvalue weighted by Gasteiger charge is 2.53. The van der Waals surface area contributed by atoms with Gasteiger partial charge in [-0.3, -0.25) is 0 Å².